The van der Waals surface area contributed by atoms with Crippen molar-refractivity contribution in [2.24, 2.45) is 0 Å². The van der Waals surface area contributed by atoms with Gasteiger partial charge in [-0.2, -0.15) is 5.26 Å². The number of nitriles is 1. The number of nitrogens with zero attached hydrogens (tertiary/aromatic N) is 3. The number of anilines is 1. The number of rotatable bonds is 4. The van der Waals surface area contributed by atoms with E-state index in [1.54, 1.807) is 7.05 Å². The Kier molecular flexibility index (Phi) is 3.99. The quantitative estimate of drug-likeness (QED) is 0.776. The molecule has 0 radical (unpaired) electrons. The van der Waals surface area contributed by atoms with E-state index in [1.165, 1.54) is 23.1 Å². The second-order valence-electron chi connectivity index (χ2n) is 2.27. The molecule has 1 aromatic rings. The molecule has 0 aliphatic carbocycles. The van der Waals surface area contributed by atoms with Crippen LogP contribution in [0.5, 0.6) is 0 Å². The average Bonchev–Trinajstić information content (AvgIpc) is 2.61. The van der Waals surface area contributed by atoms with Crippen molar-refractivity contribution in [2.45, 2.75) is 22.9 Å². The van der Waals surface area contributed by atoms with Gasteiger partial charge in [-0.25, -0.2) is 0 Å². The van der Waals surface area contributed by atoms with Gasteiger partial charge in [0, 0.05) is 7.05 Å². The summed E-state index contributed by atoms with van der Waals surface area (Å²) >= 11 is 2.94. The zero-order valence-corrected chi connectivity index (χ0v) is 9.08. The van der Waals surface area contributed by atoms with Crippen LogP contribution in [0.25, 0.3) is 0 Å². The summed E-state index contributed by atoms with van der Waals surface area (Å²) < 4.78 is 0.845. The molecule has 0 aromatic carbocycles. The van der Waals surface area contributed by atoms with Crippen LogP contribution < -0.4 is 5.32 Å². The fourth-order valence-electron chi connectivity index (χ4n) is 0.681. The summed E-state index contributed by atoms with van der Waals surface area (Å²) in [5.74, 6) is 0. The Hall–Kier alpha value is -0.800. The van der Waals surface area contributed by atoms with Crippen LogP contribution in [-0.4, -0.2) is 22.5 Å². The number of hydrogen-bond donors (Lipinski definition) is 1. The SMILES string of the molecule is CCC(C#N)Sc1nnc(NC)s1. The first kappa shape index (κ1) is 10.3. The van der Waals surface area contributed by atoms with Gasteiger partial charge in [0.25, 0.3) is 0 Å². The molecule has 0 spiro atoms. The summed E-state index contributed by atoms with van der Waals surface area (Å²) in [5.41, 5.74) is 0. The van der Waals surface area contributed by atoms with E-state index in [0.29, 0.717) is 0 Å². The average molecular weight is 214 g/mol. The molecule has 1 N–H and O–H groups in total. The van der Waals surface area contributed by atoms with E-state index in [0.717, 1.165) is 15.9 Å². The minimum atomic E-state index is -0.0161. The molecule has 0 fully saturated rings. The summed E-state index contributed by atoms with van der Waals surface area (Å²) in [7, 11) is 1.80. The summed E-state index contributed by atoms with van der Waals surface area (Å²) in [6, 6.07) is 2.21. The second-order valence-corrected chi connectivity index (χ2v) is 4.69. The van der Waals surface area contributed by atoms with Gasteiger partial charge in [-0.3, -0.25) is 0 Å². The normalized spacial score (nSPS) is 12.1. The Morgan fingerprint density at radius 2 is 2.46 bits per heavy atom. The van der Waals surface area contributed by atoms with Crippen LogP contribution in [0.3, 0.4) is 0 Å². The number of thioether (sulfide) groups is 1. The van der Waals surface area contributed by atoms with Crippen molar-refractivity contribution < 1.29 is 0 Å². The first-order valence-electron chi connectivity index (χ1n) is 3.87. The summed E-state index contributed by atoms with van der Waals surface area (Å²) in [6.45, 7) is 1.99. The maximum absolute atomic E-state index is 8.72. The van der Waals surface area contributed by atoms with Crippen molar-refractivity contribution in [3.63, 3.8) is 0 Å². The lowest BCUT2D eigenvalue weighted by Gasteiger charge is -1.99. The van der Waals surface area contributed by atoms with Crippen molar-refractivity contribution in [3.05, 3.63) is 0 Å². The third-order valence-electron chi connectivity index (χ3n) is 1.38. The molecular formula is C7H10N4S2. The smallest absolute Gasteiger partial charge is 0.206 e. The number of aromatic nitrogens is 2. The summed E-state index contributed by atoms with van der Waals surface area (Å²) in [4.78, 5) is 0. The molecule has 4 nitrogen and oxygen atoms in total. The zero-order chi connectivity index (χ0) is 9.68. The molecule has 6 heteroatoms. The van der Waals surface area contributed by atoms with Crippen molar-refractivity contribution in [1.82, 2.24) is 10.2 Å². The minimum absolute atomic E-state index is 0.0161. The second kappa shape index (κ2) is 5.04. The Balaban J connectivity index is 2.58. The van der Waals surface area contributed by atoms with E-state index in [1.807, 2.05) is 6.92 Å². The molecule has 1 rings (SSSR count). The van der Waals surface area contributed by atoms with Gasteiger partial charge in [0.05, 0.1) is 11.3 Å². The van der Waals surface area contributed by atoms with Gasteiger partial charge in [-0.15, -0.1) is 10.2 Å². The van der Waals surface area contributed by atoms with E-state index in [9.17, 15) is 0 Å². The Morgan fingerprint density at radius 1 is 1.69 bits per heavy atom. The molecule has 1 atom stereocenters. The van der Waals surface area contributed by atoms with E-state index >= 15 is 0 Å². The molecule has 0 bridgehead atoms. The first-order chi connectivity index (χ1) is 6.30. The molecule has 0 aliphatic heterocycles. The van der Waals surface area contributed by atoms with Crippen LogP contribution in [0, 0.1) is 11.3 Å². The molecule has 1 aromatic heterocycles. The predicted octanol–water partition coefficient (Wildman–Crippen LogP) is 1.97. The fourth-order valence-corrected chi connectivity index (χ4v) is 2.44. The molecule has 1 heterocycles. The van der Waals surface area contributed by atoms with Gasteiger partial charge in [-0.1, -0.05) is 30.0 Å². The fraction of sp³-hybridized carbons (Fsp3) is 0.571. The Morgan fingerprint density at radius 3 is 2.92 bits per heavy atom. The van der Waals surface area contributed by atoms with Crippen LogP contribution in [0.4, 0.5) is 5.13 Å². The van der Waals surface area contributed by atoms with Crippen LogP contribution in [0.15, 0.2) is 4.34 Å². The number of hydrogen-bond acceptors (Lipinski definition) is 6. The molecule has 0 amide bonds. The molecule has 70 valence electrons. The van der Waals surface area contributed by atoms with E-state index < -0.39 is 0 Å². The highest BCUT2D eigenvalue weighted by molar-refractivity contribution is 8.01. The largest absolute Gasteiger partial charge is 0.363 e. The minimum Gasteiger partial charge on any atom is -0.363 e. The highest BCUT2D eigenvalue weighted by Crippen LogP contribution is 2.29. The van der Waals surface area contributed by atoms with Gasteiger partial charge in [-0.05, 0) is 6.42 Å². The standard InChI is InChI=1S/C7H10N4S2/c1-3-5(4-8)12-7-11-10-6(9-2)13-7/h5H,3H2,1-2H3,(H,9,10). The highest BCUT2D eigenvalue weighted by Gasteiger charge is 2.10. The lowest BCUT2D eigenvalue weighted by atomic mass is 10.4. The lowest BCUT2D eigenvalue weighted by Crippen LogP contribution is -1.94. The molecule has 0 saturated heterocycles. The maximum atomic E-state index is 8.72. The van der Waals surface area contributed by atoms with E-state index in [-0.39, 0.29) is 5.25 Å². The molecule has 0 saturated carbocycles. The summed E-state index contributed by atoms with van der Waals surface area (Å²) in [6.07, 6.45) is 0.829. The molecule has 13 heavy (non-hydrogen) atoms. The van der Waals surface area contributed by atoms with Crippen molar-refractivity contribution in [1.29, 1.82) is 5.26 Å². The van der Waals surface area contributed by atoms with Crippen molar-refractivity contribution in [2.75, 3.05) is 12.4 Å². The van der Waals surface area contributed by atoms with E-state index in [4.69, 9.17) is 5.26 Å². The van der Waals surface area contributed by atoms with Gasteiger partial charge in [0.2, 0.25) is 5.13 Å². The third-order valence-corrected chi connectivity index (χ3v) is 3.66. The number of nitrogens with one attached hydrogen (secondary N) is 1. The molecule has 0 aliphatic rings. The Labute approximate surface area is 85.4 Å². The monoisotopic (exact) mass is 214 g/mol. The highest BCUT2D eigenvalue weighted by atomic mass is 32.2. The van der Waals surface area contributed by atoms with Crippen LogP contribution >= 0.6 is 23.1 Å². The first-order valence-corrected chi connectivity index (χ1v) is 5.57. The maximum Gasteiger partial charge on any atom is 0.206 e. The van der Waals surface area contributed by atoms with Crippen molar-refractivity contribution >= 4 is 28.2 Å². The van der Waals surface area contributed by atoms with Crippen LogP contribution in [-0.2, 0) is 0 Å². The van der Waals surface area contributed by atoms with Gasteiger partial charge < -0.3 is 5.32 Å². The van der Waals surface area contributed by atoms with Crippen LogP contribution in [0.2, 0.25) is 0 Å². The topological polar surface area (TPSA) is 61.6 Å². The predicted molar refractivity (Wildman–Crippen MR) is 55.0 cm³/mol. The van der Waals surface area contributed by atoms with Gasteiger partial charge in [0.15, 0.2) is 4.34 Å². The molecular weight excluding hydrogens is 204 g/mol. The van der Waals surface area contributed by atoms with E-state index in [2.05, 4.69) is 21.6 Å². The lowest BCUT2D eigenvalue weighted by molar-refractivity contribution is 0.968. The summed E-state index contributed by atoms with van der Waals surface area (Å²) in [5, 5.41) is 20.2. The van der Waals surface area contributed by atoms with Crippen molar-refractivity contribution in [3.8, 4) is 6.07 Å². The van der Waals surface area contributed by atoms with Gasteiger partial charge in [0.1, 0.15) is 0 Å². The Bertz CT molecular complexity index is 304. The third kappa shape index (κ3) is 2.86. The zero-order valence-electron chi connectivity index (χ0n) is 7.44. The van der Waals surface area contributed by atoms with Crippen LogP contribution in [0.1, 0.15) is 13.3 Å². The van der Waals surface area contributed by atoms with Gasteiger partial charge >= 0.3 is 0 Å². The molecule has 1 unspecified atom stereocenters.